The first-order valence-corrected chi connectivity index (χ1v) is 7.79. The molecule has 2 aromatic carbocycles. The van der Waals surface area contributed by atoms with E-state index in [2.05, 4.69) is 45.5 Å². The van der Waals surface area contributed by atoms with Gasteiger partial charge in [0.15, 0.2) is 0 Å². The van der Waals surface area contributed by atoms with Crippen molar-refractivity contribution in [1.29, 1.82) is 0 Å². The summed E-state index contributed by atoms with van der Waals surface area (Å²) in [5.41, 5.74) is 3.18. The smallest absolute Gasteiger partial charge is 0.204 e. The number of rotatable bonds is 3. The number of tetrazole rings is 1. The normalized spacial score (nSPS) is 11.1. The third-order valence-corrected chi connectivity index (χ3v) is 4.37. The van der Waals surface area contributed by atoms with Crippen LogP contribution in [0.5, 0.6) is 0 Å². The molecule has 0 fully saturated rings. The molecule has 0 bridgehead atoms. The second kappa shape index (κ2) is 5.31. The monoisotopic (exact) mass is 307 g/mol. The molecule has 2 heterocycles. The van der Waals surface area contributed by atoms with Gasteiger partial charge in [0, 0.05) is 5.56 Å². The Balaban J connectivity index is 1.61. The molecule has 0 saturated carbocycles. The highest BCUT2D eigenvalue weighted by Crippen LogP contribution is 2.22. The van der Waals surface area contributed by atoms with Crippen LogP contribution in [0.25, 0.3) is 21.6 Å². The summed E-state index contributed by atoms with van der Waals surface area (Å²) in [6, 6.07) is 16.2. The third-order valence-electron chi connectivity index (χ3n) is 3.34. The van der Waals surface area contributed by atoms with Gasteiger partial charge < -0.3 is 0 Å². The molecule has 0 aliphatic heterocycles. The van der Waals surface area contributed by atoms with Crippen molar-refractivity contribution < 1.29 is 0 Å². The molecule has 0 unspecified atom stereocenters. The zero-order valence-electron chi connectivity index (χ0n) is 12.0. The number of hydrogen-bond donors (Lipinski definition) is 0. The van der Waals surface area contributed by atoms with E-state index >= 15 is 0 Å². The minimum atomic E-state index is 0.540. The average molecular weight is 307 g/mol. The van der Waals surface area contributed by atoms with Crippen LogP contribution in [-0.2, 0) is 6.54 Å². The Hall–Kier alpha value is -2.60. The summed E-state index contributed by atoms with van der Waals surface area (Å²) < 4.78 is 1.18. The molecule has 0 radical (unpaired) electrons. The van der Waals surface area contributed by atoms with Crippen LogP contribution in [-0.4, -0.2) is 25.2 Å². The highest BCUT2D eigenvalue weighted by Gasteiger charge is 2.09. The highest BCUT2D eigenvalue weighted by atomic mass is 32.1. The Morgan fingerprint density at radius 1 is 1.09 bits per heavy atom. The van der Waals surface area contributed by atoms with Gasteiger partial charge in [-0.3, -0.25) is 0 Å². The third kappa shape index (κ3) is 2.48. The highest BCUT2D eigenvalue weighted by molar-refractivity contribution is 7.18. The van der Waals surface area contributed by atoms with E-state index in [9.17, 15) is 0 Å². The lowest BCUT2D eigenvalue weighted by molar-refractivity contribution is 0.571. The number of benzene rings is 2. The summed E-state index contributed by atoms with van der Waals surface area (Å²) in [5, 5.41) is 13.7. The number of thiazole rings is 1. The van der Waals surface area contributed by atoms with E-state index in [0.29, 0.717) is 12.4 Å². The number of aromatic nitrogens is 5. The van der Waals surface area contributed by atoms with Crippen LogP contribution in [0.3, 0.4) is 0 Å². The predicted molar refractivity (Wildman–Crippen MR) is 86.7 cm³/mol. The van der Waals surface area contributed by atoms with Crippen LogP contribution in [0.15, 0.2) is 48.5 Å². The van der Waals surface area contributed by atoms with Crippen LogP contribution in [0, 0.1) is 6.92 Å². The van der Waals surface area contributed by atoms with Gasteiger partial charge in [-0.15, -0.1) is 21.5 Å². The van der Waals surface area contributed by atoms with Gasteiger partial charge >= 0.3 is 0 Å². The van der Waals surface area contributed by atoms with Crippen molar-refractivity contribution in [1.82, 2.24) is 25.2 Å². The molecular formula is C16H13N5S. The molecule has 0 aliphatic carbocycles. The summed E-state index contributed by atoms with van der Waals surface area (Å²) in [6.07, 6.45) is 0. The van der Waals surface area contributed by atoms with Gasteiger partial charge in [0.05, 0.1) is 10.2 Å². The summed E-state index contributed by atoms with van der Waals surface area (Å²) in [4.78, 5) is 6.19. The molecular weight excluding hydrogens is 294 g/mol. The first-order valence-electron chi connectivity index (χ1n) is 6.97. The van der Waals surface area contributed by atoms with Gasteiger partial charge in [-0.05, 0) is 30.3 Å². The molecule has 0 spiro atoms. The second-order valence-corrected chi connectivity index (χ2v) is 6.20. The maximum Gasteiger partial charge on any atom is 0.204 e. The van der Waals surface area contributed by atoms with E-state index in [1.165, 1.54) is 10.3 Å². The molecule has 6 heteroatoms. The Kier molecular flexibility index (Phi) is 3.16. The van der Waals surface area contributed by atoms with Crippen molar-refractivity contribution in [3.8, 4) is 11.4 Å². The molecule has 0 N–H and O–H groups in total. The van der Waals surface area contributed by atoms with Crippen LogP contribution >= 0.6 is 11.3 Å². The van der Waals surface area contributed by atoms with Gasteiger partial charge in [-0.1, -0.05) is 35.9 Å². The van der Waals surface area contributed by atoms with Crippen LogP contribution < -0.4 is 0 Å². The minimum Gasteiger partial charge on any atom is -0.239 e. The molecule has 0 amide bonds. The van der Waals surface area contributed by atoms with Crippen molar-refractivity contribution in [2.75, 3.05) is 0 Å². The molecule has 4 rings (SSSR count). The SMILES string of the molecule is Cc1cccc(-c2nnn(Cc3nc4ccccc4s3)n2)c1. The first-order chi connectivity index (χ1) is 10.8. The fourth-order valence-electron chi connectivity index (χ4n) is 2.32. The Morgan fingerprint density at radius 2 is 2.00 bits per heavy atom. The molecule has 108 valence electrons. The predicted octanol–water partition coefficient (Wildman–Crippen LogP) is 3.31. The summed E-state index contributed by atoms with van der Waals surface area (Å²) in [5.74, 6) is 0.643. The largest absolute Gasteiger partial charge is 0.239 e. The Labute approximate surface area is 131 Å². The lowest BCUT2D eigenvalue weighted by Gasteiger charge is -1.96. The van der Waals surface area contributed by atoms with E-state index in [-0.39, 0.29) is 0 Å². The Bertz CT molecular complexity index is 907. The fraction of sp³-hybridized carbons (Fsp3) is 0.125. The lowest BCUT2D eigenvalue weighted by atomic mass is 10.1. The number of hydrogen-bond acceptors (Lipinski definition) is 5. The molecule has 2 aromatic heterocycles. The maximum atomic E-state index is 4.59. The van der Waals surface area contributed by atoms with Crippen molar-refractivity contribution >= 4 is 21.6 Å². The second-order valence-electron chi connectivity index (χ2n) is 5.09. The minimum absolute atomic E-state index is 0.540. The quantitative estimate of drug-likeness (QED) is 0.582. The van der Waals surface area contributed by atoms with E-state index in [1.807, 2.05) is 30.3 Å². The van der Waals surface area contributed by atoms with Crippen LogP contribution in [0.1, 0.15) is 10.6 Å². The van der Waals surface area contributed by atoms with Gasteiger partial charge in [0.1, 0.15) is 11.6 Å². The van der Waals surface area contributed by atoms with Crippen molar-refractivity contribution in [3.05, 3.63) is 59.1 Å². The van der Waals surface area contributed by atoms with Gasteiger partial charge in [-0.25, -0.2) is 4.98 Å². The Morgan fingerprint density at radius 3 is 2.86 bits per heavy atom. The van der Waals surface area contributed by atoms with E-state index in [4.69, 9.17) is 0 Å². The van der Waals surface area contributed by atoms with E-state index in [0.717, 1.165) is 16.1 Å². The maximum absolute atomic E-state index is 4.59. The zero-order chi connectivity index (χ0) is 14.9. The summed E-state index contributed by atoms with van der Waals surface area (Å²) in [7, 11) is 0. The molecule has 0 aliphatic rings. The number of nitrogens with zero attached hydrogens (tertiary/aromatic N) is 5. The summed E-state index contributed by atoms with van der Waals surface area (Å²) in [6.45, 7) is 2.59. The van der Waals surface area contributed by atoms with Crippen LogP contribution in [0.4, 0.5) is 0 Å². The van der Waals surface area contributed by atoms with Crippen LogP contribution in [0.2, 0.25) is 0 Å². The number of aryl methyl sites for hydroxylation is 1. The van der Waals surface area contributed by atoms with E-state index < -0.39 is 0 Å². The fourth-order valence-corrected chi connectivity index (χ4v) is 3.26. The van der Waals surface area contributed by atoms with Gasteiger partial charge in [0.2, 0.25) is 5.82 Å². The molecule has 0 saturated heterocycles. The topological polar surface area (TPSA) is 56.5 Å². The van der Waals surface area contributed by atoms with Crippen molar-refractivity contribution in [3.63, 3.8) is 0 Å². The molecule has 0 atom stereocenters. The van der Waals surface area contributed by atoms with Crippen molar-refractivity contribution in [2.24, 2.45) is 0 Å². The van der Waals surface area contributed by atoms with Gasteiger partial charge in [0.25, 0.3) is 0 Å². The van der Waals surface area contributed by atoms with E-state index in [1.54, 1.807) is 16.1 Å². The average Bonchev–Trinajstić information content (AvgIpc) is 3.13. The number of fused-ring (bicyclic) bond motifs is 1. The summed E-state index contributed by atoms with van der Waals surface area (Å²) >= 11 is 1.66. The first kappa shape index (κ1) is 13.1. The molecule has 4 aromatic rings. The molecule has 22 heavy (non-hydrogen) atoms. The van der Waals surface area contributed by atoms with Crippen molar-refractivity contribution in [2.45, 2.75) is 13.5 Å². The number of para-hydroxylation sites is 1. The molecule has 5 nitrogen and oxygen atoms in total. The lowest BCUT2D eigenvalue weighted by Crippen LogP contribution is -2.03. The zero-order valence-corrected chi connectivity index (χ0v) is 12.8. The standard InChI is InChI=1S/C16H13N5S/c1-11-5-4-6-12(9-11)16-18-20-21(19-16)10-15-17-13-7-2-3-8-14(13)22-15/h2-9H,10H2,1H3. The van der Waals surface area contributed by atoms with Gasteiger partial charge in [-0.2, -0.15) is 4.80 Å².